The topological polar surface area (TPSA) is 59.0 Å². The van der Waals surface area contributed by atoms with Crippen LogP contribution >= 0.6 is 0 Å². The number of hydrogen-bond acceptors (Lipinski definition) is 5. The summed E-state index contributed by atoms with van der Waals surface area (Å²) in [4.78, 5) is 15.0. The van der Waals surface area contributed by atoms with Crippen LogP contribution in [-0.4, -0.2) is 48.2 Å². The van der Waals surface area contributed by atoms with Gasteiger partial charge in [-0.15, -0.1) is 0 Å². The number of carbonyl (C=O) groups excluding carboxylic acids is 1. The molecule has 2 rings (SSSR count). The Labute approximate surface area is 167 Å². The van der Waals surface area contributed by atoms with Crippen molar-refractivity contribution in [1.29, 1.82) is 0 Å². The Balaban J connectivity index is 2.09. The molecule has 0 unspecified atom stereocenters. The van der Waals surface area contributed by atoms with Gasteiger partial charge in [0, 0.05) is 30.7 Å². The average Bonchev–Trinajstić information content (AvgIpc) is 2.67. The maximum atomic E-state index is 12.8. The van der Waals surface area contributed by atoms with Crippen LogP contribution in [-0.2, 0) is 6.54 Å². The Kier molecular flexibility index (Phi) is 8.03. The van der Waals surface area contributed by atoms with E-state index >= 15 is 0 Å². The fraction of sp³-hybridized carbons (Fsp3) is 0.435. The first-order valence-electron chi connectivity index (χ1n) is 9.58. The molecule has 0 aliphatic heterocycles. The lowest BCUT2D eigenvalue weighted by Gasteiger charge is -2.35. The molecule has 5 heteroatoms. The minimum Gasteiger partial charge on any atom is -0.497 e. The summed E-state index contributed by atoms with van der Waals surface area (Å²) >= 11 is 0. The summed E-state index contributed by atoms with van der Waals surface area (Å²) in [6.45, 7) is 7.89. The molecule has 0 aliphatic rings. The highest BCUT2D eigenvalue weighted by atomic mass is 16.5. The smallest absolute Gasteiger partial charge is 0.176 e. The van der Waals surface area contributed by atoms with E-state index in [9.17, 15) is 4.79 Å². The molecule has 152 valence electrons. The van der Waals surface area contributed by atoms with Crippen LogP contribution in [0.1, 0.15) is 43.1 Å². The molecule has 0 bridgehead atoms. The molecular weight excluding hydrogens is 354 g/mol. The van der Waals surface area contributed by atoms with E-state index in [0.29, 0.717) is 31.7 Å². The number of rotatable bonds is 10. The first kappa shape index (κ1) is 21.9. The maximum absolute atomic E-state index is 12.8. The molecular formula is C23H31NO4. The molecule has 5 nitrogen and oxygen atoms in total. The number of aliphatic hydroxyl groups excluding tert-OH is 1. The first-order chi connectivity index (χ1) is 13.3. The second-order valence-corrected chi connectivity index (χ2v) is 7.75. The number of Topliss-reactive ketones (excluding diaryl/α,β-unsaturated/α-hetero) is 1. The Morgan fingerprint density at radius 1 is 1.07 bits per heavy atom. The average molecular weight is 386 g/mol. The largest absolute Gasteiger partial charge is 0.497 e. The predicted octanol–water partition coefficient (Wildman–Crippen LogP) is 3.94. The van der Waals surface area contributed by atoms with E-state index in [4.69, 9.17) is 14.6 Å². The van der Waals surface area contributed by atoms with Crippen LogP contribution in [0.15, 0.2) is 48.5 Å². The van der Waals surface area contributed by atoms with Crippen LogP contribution in [0.3, 0.4) is 0 Å². The summed E-state index contributed by atoms with van der Waals surface area (Å²) in [5.74, 6) is 1.59. The van der Waals surface area contributed by atoms with E-state index in [-0.39, 0.29) is 17.9 Å². The molecule has 0 radical (unpaired) electrons. The molecule has 0 aliphatic carbocycles. The lowest BCUT2D eigenvalue weighted by Crippen LogP contribution is -2.43. The molecule has 0 amide bonds. The molecule has 0 heterocycles. The van der Waals surface area contributed by atoms with Crippen molar-refractivity contribution in [3.63, 3.8) is 0 Å². The monoisotopic (exact) mass is 385 g/mol. The van der Waals surface area contributed by atoms with Crippen LogP contribution < -0.4 is 9.47 Å². The molecule has 2 aromatic carbocycles. The number of hydrogen-bond donors (Lipinski definition) is 1. The van der Waals surface area contributed by atoms with Gasteiger partial charge in [0.05, 0.1) is 20.3 Å². The van der Waals surface area contributed by atoms with Crippen LogP contribution in [0.25, 0.3) is 0 Å². The third-order valence-corrected chi connectivity index (χ3v) is 4.54. The molecule has 28 heavy (non-hydrogen) atoms. The molecule has 0 aromatic heterocycles. The van der Waals surface area contributed by atoms with E-state index in [1.165, 1.54) is 0 Å². The van der Waals surface area contributed by atoms with Crippen LogP contribution in [0.5, 0.6) is 11.5 Å². The minimum absolute atomic E-state index is 0.0768. The van der Waals surface area contributed by atoms with Crippen molar-refractivity contribution >= 4 is 5.78 Å². The number of ether oxygens (including phenoxy) is 2. The Morgan fingerprint density at radius 3 is 2.39 bits per heavy atom. The van der Waals surface area contributed by atoms with E-state index in [0.717, 1.165) is 17.1 Å². The summed E-state index contributed by atoms with van der Waals surface area (Å²) in [5, 5.41) is 8.89. The fourth-order valence-corrected chi connectivity index (χ4v) is 2.78. The van der Waals surface area contributed by atoms with Gasteiger partial charge in [0.25, 0.3) is 0 Å². The van der Waals surface area contributed by atoms with Gasteiger partial charge in [-0.1, -0.05) is 12.1 Å². The summed E-state index contributed by atoms with van der Waals surface area (Å²) in [6.07, 6.45) is 0.606. The summed E-state index contributed by atoms with van der Waals surface area (Å²) in [7, 11) is 1.61. The van der Waals surface area contributed by atoms with Crippen molar-refractivity contribution in [2.24, 2.45) is 0 Å². The molecule has 1 N–H and O–H groups in total. The van der Waals surface area contributed by atoms with E-state index < -0.39 is 0 Å². The molecule has 0 saturated carbocycles. The normalized spacial score (nSPS) is 11.5. The van der Waals surface area contributed by atoms with Crippen LogP contribution in [0.4, 0.5) is 0 Å². The Morgan fingerprint density at radius 2 is 1.79 bits per heavy atom. The van der Waals surface area contributed by atoms with Gasteiger partial charge in [0.15, 0.2) is 5.78 Å². The van der Waals surface area contributed by atoms with Crippen molar-refractivity contribution in [2.45, 2.75) is 39.3 Å². The number of methoxy groups -OCH3 is 1. The molecule has 2 aromatic rings. The zero-order valence-corrected chi connectivity index (χ0v) is 17.3. The van der Waals surface area contributed by atoms with Crippen molar-refractivity contribution in [2.75, 3.05) is 26.9 Å². The number of carbonyl (C=O) groups is 1. The van der Waals surface area contributed by atoms with Crippen molar-refractivity contribution in [3.8, 4) is 11.5 Å². The standard InChI is InChI=1S/C23H31NO4/c1-23(2,3)24(17-22(26)19-9-11-20(27-4)12-10-19)16-18-7-5-8-21(15-18)28-14-6-13-25/h5,7-12,15,25H,6,13-14,16-17H2,1-4H3. The number of aliphatic hydroxyl groups is 1. The molecule has 0 atom stereocenters. The lowest BCUT2D eigenvalue weighted by atomic mass is 10.0. The second kappa shape index (κ2) is 10.2. The SMILES string of the molecule is COc1ccc(C(=O)CN(Cc2cccc(OCCCO)c2)C(C)(C)C)cc1. The zero-order valence-electron chi connectivity index (χ0n) is 17.3. The Hall–Kier alpha value is -2.37. The van der Waals surface area contributed by atoms with Crippen LogP contribution in [0.2, 0.25) is 0 Å². The van der Waals surface area contributed by atoms with Gasteiger partial charge < -0.3 is 14.6 Å². The summed E-state index contributed by atoms with van der Waals surface area (Å²) in [5.41, 5.74) is 1.59. The van der Waals surface area contributed by atoms with Gasteiger partial charge in [-0.2, -0.15) is 0 Å². The van der Waals surface area contributed by atoms with E-state index in [1.54, 1.807) is 19.2 Å². The van der Waals surface area contributed by atoms with Gasteiger partial charge >= 0.3 is 0 Å². The second-order valence-electron chi connectivity index (χ2n) is 7.75. The molecule has 0 fully saturated rings. The van der Waals surface area contributed by atoms with Gasteiger partial charge in [-0.05, 0) is 62.7 Å². The quantitative estimate of drug-likeness (QED) is 0.496. The third-order valence-electron chi connectivity index (χ3n) is 4.54. The summed E-state index contributed by atoms with van der Waals surface area (Å²) < 4.78 is 10.8. The first-order valence-corrected chi connectivity index (χ1v) is 9.58. The minimum atomic E-state index is -0.171. The van der Waals surface area contributed by atoms with Crippen LogP contribution in [0, 0.1) is 0 Å². The number of nitrogens with zero attached hydrogens (tertiary/aromatic N) is 1. The van der Waals surface area contributed by atoms with E-state index in [2.05, 4.69) is 25.7 Å². The molecule has 0 spiro atoms. The highest BCUT2D eigenvalue weighted by molar-refractivity contribution is 5.97. The lowest BCUT2D eigenvalue weighted by molar-refractivity contribution is 0.0793. The van der Waals surface area contributed by atoms with Gasteiger partial charge in [-0.25, -0.2) is 0 Å². The van der Waals surface area contributed by atoms with Gasteiger partial charge in [0.2, 0.25) is 0 Å². The number of benzene rings is 2. The van der Waals surface area contributed by atoms with Crippen molar-refractivity contribution < 1.29 is 19.4 Å². The number of ketones is 1. The van der Waals surface area contributed by atoms with Crippen molar-refractivity contribution in [1.82, 2.24) is 4.90 Å². The Bertz CT molecular complexity index is 750. The van der Waals surface area contributed by atoms with E-state index in [1.807, 2.05) is 36.4 Å². The predicted molar refractivity (Wildman–Crippen MR) is 111 cm³/mol. The third kappa shape index (κ3) is 6.66. The highest BCUT2D eigenvalue weighted by Gasteiger charge is 2.24. The summed E-state index contributed by atoms with van der Waals surface area (Å²) in [6, 6.07) is 15.1. The highest BCUT2D eigenvalue weighted by Crippen LogP contribution is 2.21. The fourth-order valence-electron chi connectivity index (χ4n) is 2.78. The van der Waals surface area contributed by atoms with Gasteiger partial charge in [-0.3, -0.25) is 9.69 Å². The molecule has 0 saturated heterocycles. The zero-order chi connectivity index (χ0) is 20.6. The van der Waals surface area contributed by atoms with Crippen molar-refractivity contribution in [3.05, 3.63) is 59.7 Å². The van der Waals surface area contributed by atoms with Gasteiger partial charge in [0.1, 0.15) is 11.5 Å². The maximum Gasteiger partial charge on any atom is 0.176 e.